The predicted octanol–water partition coefficient (Wildman–Crippen LogP) is 0.358. The normalized spacial score (nSPS) is 18.2. The lowest BCUT2D eigenvalue weighted by molar-refractivity contribution is -0.0550. The topological polar surface area (TPSA) is 70.4 Å². The lowest BCUT2D eigenvalue weighted by Gasteiger charge is -2.40. The minimum atomic E-state index is -0.344. The van der Waals surface area contributed by atoms with Crippen LogP contribution in [0.5, 0.6) is 0 Å². The minimum absolute atomic E-state index is 0.109. The molecule has 5 nitrogen and oxygen atoms in total. The summed E-state index contributed by atoms with van der Waals surface area (Å²) in [5.41, 5.74) is 8.17. The maximum Gasteiger partial charge on any atom is 0.419 e. The van der Waals surface area contributed by atoms with E-state index < -0.39 is 0 Å². The average Bonchev–Trinajstić information content (AvgIpc) is 2.54. The summed E-state index contributed by atoms with van der Waals surface area (Å²) < 4.78 is 11.9. The summed E-state index contributed by atoms with van der Waals surface area (Å²) in [6.45, 7) is 1.80. The van der Waals surface area contributed by atoms with Crippen LogP contribution in [0.3, 0.4) is 0 Å². The SMILES string of the molecule is Cn1c(=O)oc2cc(C3(CN)COC3)ccc21. The fraction of sp³-hybridized carbons (Fsp3) is 0.417. The van der Waals surface area contributed by atoms with Crippen LogP contribution in [0.15, 0.2) is 27.4 Å². The van der Waals surface area contributed by atoms with Gasteiger partial charge in [-0.15, -0.1) is 0 Å². The summed E-state index contributed by atoms with van der Waals surface area (Å²) >= 11 is 0. The maximum absolute atomic E-state index is 11.4. The van der Waals surface area contributed by atoms with Crippen LogP contribution in [0.25, 0.3) is 11.1 Å². The molecule has 0 bridgehead atoms. The van der Waals surface area contributed by atoms with Gasteiger partial charge in [0.25, 0.3) is 0 Å². The highest BCUT2D eigenvalue weighted by atomic mass is 16.5. The van der Waals surface area contributed by atoms with E-state index in [2.05, 4.69) is 0 Å². The third kappa shape index (κ3) is 1.36. The Bertz CT molecular complexity index is 617. The van der Waals surface area contributed by atoms with Gasteiger partial charge in [0.15, 0.2) is 5.58 Å². The first-order valence-corrected chi connectivity index (χ1v) is 5.54. The van der Waals surface area contributed by atoms with Gasteiger partial charge in [-0.2, -0.15) is 0 Å². The maximum atomic E-state index is 11.4. The third-order valence-corrected chi connectivity index (χ3v) is 3.55. The van der Waals surface area contributed by atoms with E-state index in [4.69, 9.17) is 14.9 Å². The Labute approximate surface area is 97.8 Å². The van der Waals surface area contributed by atoms with Crippen LogP contribution in [0, 0.1) is 0 Å². The van der Waals surface area contributed by atoms with Gasteiger partial charge >= 0.3 is 5.76 Å². The zero-order valence-electron chi connectivity index (χ0n) is 9.60. The van der Waals surface area contributed by atoms with Crippen molar-refractivity contribution in [2.45, 2.75) is 5.41 Å². The molecule has 0 atom stereocenters. The van der Waals surface area contributed by atoms with Crippen LogP contribution >= 0.6 is 0 Å². The number of hydrogen-bond donors (Lipinski definition) is 1. The third-order valence-electron chi connectivity index (χ3n) is 3.55. The minimum Gasteiger partial charge on any atom is -0.408 e. The zero-order valence-corrected chi connectivity index (χ0v) is 9.60. The highest BCUT2D eigenvalue weighted by Gasteiger charge is 2.39. The molecule has 0 radical (unpaired) electrons. The molecule has 0 aliphatic carbocycles. The van der Waals surface area contributed by atoms with E-state index in [0.29, 0.717) is 25.3 Å². The van der Waals surface area contributed by atoms with E-state index in [1.807, 2.05) is 18.2 Å². The molecule has 2 N–H and O–H groups in total. The van der Waals surface area contributed by atoms with E-state index in [-0.39, 0.29) is 11.2 Å². The quantitative estimate of drug-likeness (QED) is 0.814. The van der Waals surface area contributed by atoms with Crippen molar-refractivity contribution in [3.05, 3.63) is 34.3 Å². The highest BCUT2D eigenvalue weighted by Crippen LogP contribution is 2.32. The standard InChI is InChI=1S/C12H14N2O3/c1-14-9-3-2-8(4-10(9)17-11(14)15)12(5-13)6-16-7-12/h2-4H,5-7,13H2,1H3. The summed E-state index contributed by atoms with van der Waals surface area (Å²) in [7, 11) is 1.69. The molecule has 2 aromatic rings. The van der Waals surface area contributed by atoms with E-state index in [1.54, 1.807) is 7.05 Å². The van der Waals surface area contributed by atoms with E-state index in [0.717, 1.165) is 11.1 Å². The number of nitrogens with two attached hydrogens (primary N) is 1. The first kappa shape index (κ1) is 10.6. The number of aromatic nitrogens is 1. The van der Waals surface area contributed by atoms with Crippen LogP contribution in [0.1, 0.15) is 5.56 Å². The predicted molar refractivity (Wildman–Crippen MR) is 63.0 cm³/mol. The number of oxazole rings is 1. The van der Waals surface area contributed by atoms with Crippen molar-refractivity contribution in [1.29, 1.82) is 0 Å². The lowest BCUT2D eigenvalue weighted by Crippen LogP contribution is -2.52. The molecule has 17 heavy (non-hydrogen) atoms. The molecule has 1 aromatic heterocycles. The van der Waals surface area contributed by atoms with Crippen molar-refractivity contribution in [3.8, 4) is 0 Å². The van der Waals surface area contributed by atoms with Crippen molar-refractivity contribution in [3.63, 3.8) is 0 Å². The van der Waals surface area contributed by atoms with Crippen molar-refractivity contribution in [2.75, 3.05) is 19.8 Å². The van der Waals surface area contributed by atoms with Crippen LogP contribution in [0.2, 0.25) is 0 Å². The van der Waals surface area contributed by atoms with Crippen LogP contribution in [-0.4, -0.2) is 24.3 Å². The molecule has 1 aliphatic rings. The Morgan fingerprint density at radius 1 is 1.47 bits per heavy atom. The molecule has 5 heteroatoms. The highest BCUT2D eigenvalue weighted by molar-refractivity contribution is 5.74. The Morgan fingerprint density at radius 2 is 2.24 bits per heavy atom. The average molecular weight is 234 g/mol. The fourth-order valence-corrected chi connectivity index (χ4v) is 2.21. The zero-order chi connectivity index (χ0) is 12.0. The second-order valence-electron chi connectivity index (χ2n) is 4.59. The molecular weight excluding hydrogens is 220 g/mol. The van der Waals surface area contributed by atoms with Gasteiger partial charge in [0.05, 0.1) is 24.1 Å². The fourth-order valence-electron chi connectivity index (χ4n) is 2.21. The van der Waals surface area contributed by atoms with Gasteiger partial charge < -0.3 is 14.9 Å². The van der Waals surface area contributed by atoms with Crippen molar-refractivity contribution in [2.24, 2.45) is 12.8 Å². The molecule has 90 valence electrons. The number of benzene rings is 1. The lowest BCUT2D eigenvalue weighted by atomic mass is 9.79. The summed E-state index contributed by atoms with van der Waals surface area (Å²) in [5.74, 6) is -0.344. The van der Waals surface area contributed by atoms with Gasteiger partial charge in [-0.05, 0) is 17.7 Å². The number of nitrogens with zero attached hydrogens (tertiary/aromatic N) is 1. The van der Waals surface area contributed by atoms with Crippen molar-refractivity contribution < 1.29 is 9.15 Å². The Morgan fingerprint density at radius 3 is 2.82 bits per heavy atom. The van der Waals surface area contributed by atoms with E-state index >= 15 is 0 Å². The van der Waals surface area contributed by atoms with Crippen molar-refractivity contribution >= 4 is 11.1 Å². The number of ether oxygens (including phenoxy) is 1. The van der Waals surface area contributed by atoms with Crippen molar-refractivity contribution in [1.82, 2.24) is 4.57 Å². The molecule has 3 rings (SSSR count). The largest absolute Gasteiger partial charge is 0.419 e. The van der Waals surface area contributed by atoms with Crippen LogP contribution in [0.4, 0.5) is 0 Å². The first-order chi connectivity index (χ1) is 8.16. The summed E-state index contributed by atoms with van der Waals surface area (Å²) in [6, 6.07) is 5.78. The van der Waals surface area contributed by atoms with Crippen LogP contribution < -0.4 is 11.5 Å². The second kappa shape index (κ2) is 3.45. The Balaban J connectivity index is 2.17. The molecule has 0 saturated carbocycles. The Hall–Kier alpha value is -1.59. The van der Waals surface area contributed by atoms with Gasteiger partial charge in [-0.25, -0.2) is 4.79 Å². The summed E-state index contributed by atoms with van der Waals surface area (Å²) in [5, 5.41) is 0. The van der Waals surface area contributed by atoms with Gasteiger partial charge in [0.2, 0.25) is 0 Å². The van der Waals surface area contributed by atoms with Gasteiger partial charge in [0, 0.05) is 13.6 Å². The molecule has 1 aromatic carbocycles. The number of hydrogen-bond acceptors (Lipinski definition) is 4. The summed E-state index contributed by atoms with van der Waals surface area (Å²) in [6.07, 6.45) is 0. The molecule has 1 aliphatic heterocycles. The monoisotopic (exact) mass is 234 g/mol. The molecule has 2 heterocycles. The first-order valence-electron chi connectivity index (χ1n) is 5.54. The molecule has 0 spiro atoms. The number of aryl methyl sites for hydroxylation is 1. The number of fused-ring (bicyclic) bond motifs is 1. The second-order valence-corrected chi connectivity index (χ2v) is 4.59. The molecule has 0 amide bonds. The molecule has 1 fully saturated rings. The van der Waals surface area contributed by atoms with Gasteiger partial charge in [-0.1, -0.05) is 6.07 Å². The number of rotatable bonds is 2. The van der Waals surface area contributed by atoms with Gasteiger partial charge in [0.1, 0.15) is 0 Å². The molecule has 1 saturated heterocycles. The van der Waals surface area contributed by atoms with Gasteiger partial charge in [-0.3, -0.25) is 4.57 Å². The summed E-state index contributed by atoms with van der Waals surface area (Å²) in [4.78, 5) is 11.4. The van der Waals surface area contributed by atoms with E-state index in [9.17, 15) is 4.79 Å². The molecule has 0 unspecified atom stereocenters. The smallest absolute Gasteiger partial charge is 0.408 e. The van der Waals surface area contributed by atoms with E-state index in [1.165, 1.54) is 4.57 Å². The Kier molecular flexibility index (Phi) is 2.14. The van der Waals surface area contributed by atoms with Crippen LogP contribution in [-0.2, 0) is 17.2 Å². The molecular formula is C12H14N2O3.